The molecule has 6 saturated heterocycles. The molecule has 23 nitrogen and oxygen atoms in total. The van der Waals surface area contributed by atoms with Gasteiger partial charge in [0.15, 0.2) is 0 Å². The summed E-state index contributed by atoms with van der Waals surface area (Å²) in [6.45, 7) is 74.3. The van der Waals surface area contributed by atoms with Gasteiger partial charge in [-0.1, -0.05) is 60.3 Å². The Morgan fingerprint density at radius 2 is 0.373 bits per heavy atom. The number of hydroxylamine groups is 10. The van der Waals surface area contributed by atoms with Crippen molar-refractivity contribution in [3.05, 3.63) is 0 Å². The van der Waals surface area contributed by atoms with Crippen LogP contribution in [0.5, 0.6) is 0 Å². The van der Waals surface area contributed by atoms with E-state index in [2.05, 4.69) is 260 Å². The molecular weight excluding hydrogens is 1380 g/mol. The van der Waals surface area contributed by atoms with Crippen molar-refractivity contribution < 1.29 is 24.2 Å². The zero-order chi connectivity index (χ0) is 82.1. The molecule has 0 amide bonds. The van der Waals surface area contributed by atoms with Gasteiger partial charge in [-0.25, -0.2) is 0 Å². The lowest BCUT2D eigenvalue weighted by molar-refractivity contribution is -0.266. The molecule has 0 atom stereocenters. The van der Waals surface area contributed by atoms with E-state index in [1.54, 1.807) is 0 Å². The Morgan fingerprint density at radius 3 is 0.500 bits per heavy atom. The number of aromatic nitrogens is 6. The summed E-state index contributed by atoms with van der Waals surface area (Å²) in [5.41, 5.74) is -3.04. The summed E-state index contributed by atoms with van der Waals surface area (Å²) in [6.07, 6.45) is 20.7. The normalized spacial score (nSPS) is 24.7. The largest absolute Gasteiger partial charge is 0.338 e. The number of piperidine rings is 6. The maximum atomic E-state index is 6.43. The third kappa shape index (κ3) is 20.1. The Kier molecular flexibility index (Phi) is 29.5. The number of hydrogen-bond acceptors (Lipinski definition) is 23. The van der Waals surface area contributed by atoms with Crippen LogP contribution in [0.3, 0.4) is 0 Å². The summed E-state index contributed by atoms with van der Waals surface area (Å²) in [5, 5.41) is 11.2. The van der Waals surface area contributed by atoms with Crippen LogP contribution in [-0.4, -0.2) is 244 Å². The molecular formula is C87H166N18O5. The summed E-state index contributed by atoms with van der Waals surface area (Å²) >= 11 is 0. The second kappa shape index (κ2) is 35.3. The average molecular weight is 1540 g/mol. The maximum Gasteiger partial charge on any atom is 0.232 e. The fraction of sp³-hybridized carbons (Fsp3) is 0.931. The van der Waals surface area contributed by atoms with E-state index in [0.717, 1.165) is 223 Å². The zero-order valence-electron chi connectivity index (χ0n) is 77.1. The first-order valence-corrected chi connectivity index (χ1v) is 43.6. The van der Waals surface area contributed by atoms with E-state index < -0.39 is 0 Å². The third-order valence-corrected chi connectivity index (χ3v) is 26.5. The molecule has 8 heterocycles. The van der Waals surface area contributed by atoms with Gasteiger partial charge in [0.05, 0.1) is 35.5 Å². The van der Waals surface area contributed by atoms with Gasteiger partial charge in [-0.15, -0.1) is 0 Å². The smallest absolute Gasteiger partial charge is 0.232 e. The predicted molar refractivity (Wildman–Crippen MR) is 456 cm³/mol. The summed E-state index contributed by atoms with van der Waals surface area (Å²) < 4.78 is 0. The quantitative estimate of drug-likeness (QED) is 0.0598. The molecule has 110 heavy (non-hydrogen) atoms. The van der Waals surface area contributed by atoms with Crippen LogP contribution in [-0.2, 0) is 24.2 Å². The standard InChI is InChI=1S/C87H166N18O5/c1-35-40-46-94(64-52-76(6,7)100(39-5)77(8,9)53-64)70-88-71(95(47-41-36-2)65-54-78(10,11)101(106-30)79(12,13)55-65)91-74(90-70)98(68-60-84(22,23)104(109-33)85(24,25)61-68)50-44-45-51-99(69-62-86(26,27)105(110-34)87(28,29)63-69)75-92-72(96(48-42-37-3)66-56-80(14,15)102(107-31)81(16,17)57-66)89-73(93-75)97(49-43-38-4)67-58-82(18,19)103(108-32)83(20,21)59-67/h64-69H,35-63H2,1-34H3. The summed E-state index contributed by atoms with van der Waals surface area (Å²) in [5.74, 6) is 4.67. The van der Waals surface area contributed by atoms with Crippen LogP contribution >= 0.6 is 0 Å². The summed E-state index contributed by atoms with van der Waals surface area (Å²) in [6, 6.07) is 0.708. The minimum Gasteiger partial charge on any atom is -0.338 e. The molecule has 6 fully saturated rings. The van der Waals surface area contributed by atoms with Gasteiger partial charge in [-0.05, 0) is 288 Å². The van der Waals surface area contributed by atoms with Crippen LogP contribution in [0, 0.1) is 0 Å². The molecule has 0 unspecified atom stereocenters. The SMILES string of the molecule is CCCCN(c1nc(N(CCCC)C2CC(C)(C)N(OC)C(C)(C)C2)nc(N(CCCCN(c2nc(N(CCCC)C3CC(C)(C)N(OC)C(C)(C)C3)nc(N(CCCC)C3CC(C)(C)N(OC)C(C)(C)C3)n2)C2CC(C)(C)N(OC)C(C)(C)C2)C2CC(C)(C)N(OC)C(C)(C)C2)n1)C1CC(C)(C)N(CC)C(C)(C)C1. The minimum atomic E-state index is -0.334. The zero-order valence-corrected chi connectivity index (χ0v) is 77.1. The van der Waals surface area contributed by atoms with Crippen molar-refractivity contribution in [1.29, 1.82) is 0 Å². The summed E-state index contributed by atoms with van der Waals surface area (Å²) in [4.78, 5) is 86.2. The van der Waals surface area contributed by atoms with Crippen molar-refractivity contribution in [3.63, 3.8) is 0 Å². The average Bonchev–Trinajstić information content (AvgIpc) is 0.759. The highest BCUT2D eigenvalue weighted by atomic mass is 16.7. The van der Waals surface area contributed by atoms with Gasteiger partial charge in [0, 0.05) is 142 Å². The number of likely N-dealkylation sites (tertiary alicyclic amines) is 1. The molecule has 0 bridgehead atoms. The van der Waals surface area contributed by atoms with Crippen molar-refractivity contribution in [3.8, 4) is 0 Å². The van der Waals surface area contributed by atoms with Crippen molar-refractivity contribution in [2.45, 2.75) is 445 Å². The lowest BCUT2D eigenvalue weighted by Crippen LogP contribution is -2.64. The van der Waals surface area contributed by atoms with E-state index in [4.69, 9.17) is 54.1 Å². The van der Waals surface area contributed by atoms with Crippen LogP contribution in [0.15, 0.2) is 0 Å². The Balaban J connectivity index is 1.36. The molecule has 8 rings (SSSR count). The minimum absolute atomic E-state index is 0.0473. The van der Waals surface area contributed by atoms with E-state index >= 15 is 0 Å². The first-order valence-electron chi connectivity index (χ1n) is 43.6. The molecule has 0 aromatic carbocycles. The molecule has 6 aliphatic rings. The molecule has 0 radical (unpaired) electrons. The molecule has 2 aromatic rings. The maximum absolute atomic E-state index is 6.43. The number of unbranched alkanes of at least 4 members (excludes halogenated alkanes) is 5. The molecule has 6 aliphatic heterocycles. The Hall–Kier alpha value is -3.62. The van der Waals surface area contributed by atoms with Gasteiger partial charge in [0.1, 0.15) is 0 Å². The van der Waals surface area contributed by atoms with E-state index in [-0.39, 0.29) is 103 Å². The Labute approximate surface area is 672 Å². The van der Waals surface area contributed by atoms with Crippen LogP contribution in [0.1, 0.15) is 342 Å². The van der Waals surface area contributed by atoms with Gasteiger partial charge in [0.25, 0.3) is 0 Å². The molecule has 0 saturated carbocycles. The molecule has 634 valence electrons. The van der Waals surface area contributed by atoms with E-state index in [1.807, 2.05) is 35.5 Å². The van der Waals surface area contributed by atoms with Crippen LogP contribution < -0.4 is 29.4 Å². The van der Waals surface area contributed by atoms with Gasteiger partial charge in [-0.3, -0.25) is 4.90 Å². The van der Waals surface area contributed by atoms with E-state index in [1.165, 1.54) is 0 Å². The lowest BCUT2D eigenvalue weighted by atomic mass is 9.76. The second-order valence-corrected chi connectivity index (χ2v) is 42.0. The van der Waals surface area contributed by atoms with E-state index in [9.17, 15) is 0 Å². The fourth-order valence-electron chi connectivity index (χ4n) is 24.0. The monoisotopic (exact) mass is 1540 g/mol. The Morgan fingerprint density at radius 1 is 0.236 bits per heavy atom. The number of nitrogens with zero attached hydrogens (tertiary/aromatic N) is 18. The molecule has 0 N–H and O–H groups in total. The van der Waals surface area contributed by atoms with Gasteiger partial charge >= 0.3 is 0 Å². The second-order valence-electron chi connectivity index (χ2n) is 42.0. The topological polar surface area (TPSA) is 162 Å². The molecule has 0 aliphatic carbocycles. The third-order valence-electron chi connectivity index (χ3n) is 26.5. The van der Waals surface area contributed by atoms with Crippen molar-refractivity contribution in [1.82, 2.24) is 60.1 Å². The van der Waals surface area contributed by atoms with Crippen molar-refractivity contribution in [2.75, 3.05) is 111 Å². The number of anilines is 6. The Bertz CT molecular complexity index is 2780. The van der Waals surface area contributed by atoms with Gasteiger partial charge in [-0.2, -0.15) is 55.2 Å². The fourth-order valence-corrected chi connectivity index (χ4v) is 24.0. The van der Waals surface area contributed by atoms with Crippen molar-refractivity contribution in [2.24, 2.45) is 0 Å². The lowest BCUT2D eigenvalue weighted by Gasteiger charge is -2.57. The first-order chi connectivity index (χ1) is 51.0. The number of rotatable bonds is 35. The highest BCUT2D eigenvalue weighted by Gasteiger charge is 2.55. The highest BCUT2D eigenvalue weighted by Crippen LogP contribution is 2.49. The molecule has 23 heteroatoms. The molecule has 0 spiro atoms. The van der Waals surface area contributed by atoms with Crippen LogP contribution in [0.25, 0.3) is 0 Å². The van der Waals surface area contributed by atoms with Gasteiger partial charge < -0.3 is 53.6 Å². The predicted octanol–water partition coefficient (Wildman–Crippen LogP) is 17.5. The van der Waals surface area contributed by atoms with Gasteiger partial charge in [0.2, 0.25) is 35.7 Å². The first kappa shape index (κ1) is 91.9. The number of hydrogen-bond donors (Lipinski definition) is 0. The highest BCUT2D eigenvalue weighted by molar-refractivity contribution is 5.51. The van der Waals surface area contributed by atoms with E-state index in [0.29, 0.717) is 0 Å². The summed E-state index contributed by atoms with van der Waals surface area (Å²) in [7, 11) is 9.22. The van der Waals surface area contributed by atoms with Crippen LogP contribution in [0.2, 0.25) is 0 Å². The molecule has 2 aromatic heterocycles. The van der Waals surface area contributed by atoms with Crippen LogP contribution in [0.4, 0.5) is 35.7 Å². The van der Waals surface area contributed by atoms with Crippen molar-refractivity contribution >= 4 is 35.7 Å².